The van der Waals surface area contributed by atoms with Gasteiger partial charge in [0.2, 0.25) is 0 Å². The summed E-state index contributed by atoms with van der Waals surface area (Å²) in [7, 11) is 6.31. The Morgan fingerprint density at radius 2 is 1.61 bits per heavy atom. The van der Waals surface area contributed by atoms with Crippen LogP contribution in [0.3, 0.4) is 0 Å². The van der Waals surface area contributed by atoms with Crippen LogP contribution in [0.15, 0.2) is 36.5 Å². The zero-order valence-corrected chi connectivity index (χ0v) is 20.6. The van der Waals surface area contributed by atoms with E-state index in [1.165, 1.54) is 11.5 Å². The topological polar surface area (TPSA) is 78.9 Å². The van der Waals surface area contributed by atoms with Gasteiger partial charge in [-0.3, -0.25) is 0 Å². The van der Waals surface area contributed by atoms with Crippen LogP contribution in [-0.4, -0.2) is 55.6 Å². The van der Waals surface area contributed by atoms with Gasteiger partial charge in [0.15, 0.2) is 0 Å². The number of nitrogens with one attached hydrogen (secondary N) is 1. The van der Waals surface area contributed by atoms with Gasteiger partial charge in [-0.25, -0.2) is 0 Å². The van der Waals surface area contributed by atoms with E-state index in [9.17, 15) is 4.79 Å². The van der Waals surface area contributed by atoms with E-state index in [-0.39, 0.29) is 10.6 Å². The van der Waals surface area contributed by atoms with Crippen molar-refractivity contribution in [3.63, 3.8) is 0 Å². The molecule has 1 unspecified atom stereocenters. The second-order valence-electron chi connectivity index (χ2n) is 6.56. The van der Waals surface area contributed by atoms with E-state index in [2.05, 4.69) is 26.5 Å². The predicted molar refractivity (Wildman–Crippen MR) is 123 cm³/mol. The van der Waals surface area contributed by atoms with Gasteiger partial charge in [0.25, 0.3) is 0 Å². The summed E-state index contributed by atoms with van der Waals surface area (Å²) < 4.78 is 26.0. The molecule has 0 aliphatic carbocycles. The van der Waals surface area contributed by atoms with Crippen LogP contribution in [0.2, 0.25) is 4.71 Å². The van der Waals surface area contributed by atoms with Gasteiger partial charge in [-0.1, -0.05) is 0 Å². The number of amides is 1. The average Bonchev–Trinajstić information content (AvgIpc) is 3.27. The number of carbonyl (C=O) groups is 1. The predicted octanol–water partition coefficient (Wildman–Crippen LogP) is 4.43. The first-order valence-electron chi connectivity index (χ1n) is 9.35. The Bertz CT molecular complexity index is 1060. The van der Waals surface area contributed by atoms with E-state index in [0.717, 1.165) is 21.6 Å². The van der Waals surface area contributed by atoms with Crippen LogP contribution in [-0.2, 0) is 4.79 Å². The molecular weight excluding hydrogens is 479 g/mol. The van der Waals surface area contributed by atoms with E-state index in [4.69, 9.17) is 18.9 Å². The van der Waals surface area contributed by atoms with Crippen molar-refractivity contribution < 1.29 is 23.7 Å². The molecule has 1 aromatic heterocycles. The van der Waals surface area contributed by atoms with Gasteiger partial charge in [0.05, 0.1) is 21.3 Å². The van der Waals surface area contributed by atoms with Gasteiger partial charge in [-0.05, 0) is 0 Å². The van der Waals surface area contributed by atoms with Crippen LogP contribution >= 0.6 is 11.5 Å². The van der Waals surface area contributed by atoms with Crippen LogP contribution < -0.4 is 24.3 Å². The monoisotopic (exact) mass is 502 g/mol. The Balaban J connectivity index is 2.09. The van der Waals surface area contributed by atoms with Crippen LogP contribution in [0.4, 0.5) is 5.69 Å². The summed E-state index contributed by atoms with van der Waals surface area (Å²) in [6.07, 6.45) is 1.80. The molecule has 1 atom stereocenters. The minimum atomic E-state index is -0.210. The summed E-state index contributed by atoms with van der Waals surface area (Å²) in [5.74, 6) is 2.13. The molecule has 1 N–H and O–H groups in total. The van der Waals surface area contributed by atoms with E-state index in [1.807, 2.05) is 37.3 Å². The van der Waals surface area contributed by atoms with Crippen molar-refractivity contribution in [1.29, 1.82) is 0 Å². The minimum absolute atomic E-state index is 0.108. The number of nitrogens with zero attached hydrogens (tertiary/aromatic N) is 1. The summed E-state index contributed by atoms with van der Waals surface area (Å²) in [5.41, 5.74) is 3.29. The van der Waals surface area contributed by atoms with Crippen molar-refractivity contribution in [2.75, 3.05) is 33.8 Å². The molecule has 7 nitrogen and oxygen atoms in total. The molecule has 3 aromatic rings. The Kier molecular flexibility index (Phi) is 7.46. The molecule has 1 amide bonds. The third kappa shape index (κ3) is 4.81. The first-order chi connectivity index (χ1) is 14.9. The van der Waals surface area contributed by atoms with Crippen molar-refractivity contribution in [2.24, 2.45) is 0 Å². The Labute approximate surface area is 194 Å². The number of ether oxygens (including phenoxy) is 4. The SMILES string of the molecule is COc1ccc(-c2cnsc2-c2cc(OC)c(OC)c(OC)c2)cc1NC(=O)C(C)[As]. The normalized spacial score (nSPS) is 11.5. The van der Waals surface area contributed by atoms with Crippen molar-refractivity contribution in [3.05, 3.63) is 36.5 Å². The van der Waals surface area contributed by atoms with Gasteiger partial charge in [-0.2, -0.15) is 0 Å². The fraction of sp³-hybridized carbons (Fsp3) is 0.273. The summed E-state index contributed by atoms with van der Waals surface area (Å²) in [6.45, 7) is 1.82. The summed E-state index contributed by atoms with van der Waals surface area (Å²) in [4.78, 5) is 13.2. The molecule has 0 aliphatic rings. The first-order valence-corrected chi connectivity index (χ1v) is 11.2. The maximum absolute atomic E-state index is 12.2. The molecule has 162 valence electrons. The number of methoxy groups -OCH3 is 4. The van der Waals surface area contributed by atoms with Gasteiger partial charge in [-0.15, -0.1) is 0 Å². The number of carbonyl (C=O) groups excluding carboxylic acids is 1. The maximum atomic E-state index is 12.2. The molecule has 0 aliphatic heterocycles. The van der Waals surface area contributed by atoms with E-state index >= 15 is 0 Å². The Hall–Kier alpha value is -2.70. The summed E-state index contributed by atoms with van der Waals surface area (Å²) in [6, 6.07) is 9.43. The number of hydrogen-bond donors (Lipinski definition) is 1. The van der Waals surface area contributed by atoms with E-state index in [0.29, 0.717) is 28.7 Å². The zero-order valence-electron chi connectivity index (χ0n) is 17.9. The molecule has 31 heavy (non-hydrogen) atoms. The van der Waals surface area contributed by atoms with Crippen LogP contribution in [0.25, 0.3) is 21.6 Å². The molecule has 0 bridgehead atoms. The standard InChI is InChI=1S/C22H23AsN2O5S/c1-12(23)22(26)25-16-8-13(6-7-17(16)27-2)15-11-24-31-21(15)14-9-18(28-3)20(30-5)19(10-14)29-4/h6-12H,1-5H3,(H,25,26). The van der Waals surface area contributed by atoms with E-state index in [1.54, 1.807) is 34.6 Å². The molecule has 1 heterocycles. The van der Waals surface area contributed by atoms with Crippen molar-refractivity contribution in [1.82, 2.24) is 4.37 Å². The van der Waals surface area contributed by atoms with Gasteiger partial charge in [0.1, 0.15) is 0 Å². The molecule has 2 radical (unpaired) electrons. The Morgan fingerprint density at radius 3 is 2.16 bits per heavy atom. The number of rotatable bonds is 8. The first kappa shape index (κ1) is 23.0. The summed E-state index contributed by atoms with van der Waals surface area (Å²) in [5, 5.41) is 2.92. The van der Waals surface area contributed by atoms with Crippen LogP contribution in [0.1, 0.15) is 6.92 Å². The van der Waals surface area contributed by atoms with Gasteiger partial charge in [0, 0.05) is 0 Å². The fourth-order valence-corrected chi connectivity index (χ4v) is 3.97. The number of aromatic nitrogens is 1. The van der Waals surface area contributed by atoms with Crippen molar-refractivity contribution >= 4 is 40.0 Å². The molecule has 0 fully saturated rings. The molecule has 9 heteroatoms. The molecule has 2 aromatic carbocycles. The summed E-state index contributed by atoms with van der Waals surface area (Å²) >= 11 is 3.69. The number of benzene rings is 2. The molecular formula is C22H23AsN2O5S. The van der Waals surface area contributed by atoms with Gasteiger partial charge >= 0.3 is 169 Å². The number of anilines is 1. The van der Waals surface area contributed by atoms with Crippen LogP contribution in [0.5, 0.6) is 23.0 Å². The quantitative estimate of drug-likeness (QED) is 0.460. The molecule has 0 saturated heterocycles. The van der Waals surface area contributed by atoms with Crippen molar-refractivity contribution in [3.8, 4) is 44.6 Å². The van der Waals surface area contributed by atoms with Gasteiger partial charge < -0.3 is 4.74 Å². The second-order valence-corrected chi connectivity index (χ2v) is 8.99. The van der Waals surface area contributed by atoms with Crippen LogP contribution in [0, 0.1) is 0 Å². The van der Waals surface area contributed by atoms with E-state index < -0.39 is 0 Å². The number of hydrogen-bond acceptors (Lipinski definition) is 7. The average molecular weight is 502 g/mol. The Morgan fingerprint density at radius 1 is 0.968 bits per heavy atom. The molecule has 0 saturated carbocycles. The zero-order chi connectivity index (χ0) is 22.5. The third-order valence-corrected chi connectivity index (χ3v) is 5.99. The second kappa shape index (κ2) is 10.1. The third-order valence-electron chi connectivity index (χ3n) is 4.65. The molecule has 3 rings (SSSR count). The van der Waals surface area contributed by atoms with Crippen molar-refractivity contribution in [2.45, 2.75) is 11.6 Å². The molecule has 0 spiro atoms. The fourth-order valence-electron chi connectivity index (χ4n) is 3.08.